The van der Waals surface area contributed by atoms with Crippen molar-refractivity contribution in [2.45, 2.75) is 23.8 Å². The van der Waals surface area contributed by atoms with E-state index in [1.807, 2.05) is 32.0 Å². The van der Waals surface area contributed by atoms with Crippen molar-refractivity contribution in [2.75, 3.05) is 0 Å². The van der Waals surface area contributed by atoms with E-state index < -0.39 is 17.4 Å². The molecule has 4 aromatic rings. The second-order valence-corrected chi connectivity index (χ2v) is 8.12. The second kappa shape index (κ2) is 9.03. The number of aryl methyl sites for hydroxylation is 2. The number of carbonyl (C=O) groups excluding carboxylic acids is 2. The fraction of sp³-hybridized carbons (Fsp3) is 0.0870. The molecule has 0 aliphatic carbocycles. The van der Waals surface area contributed by atoms with Gasteiger partial charge in [-0.15, -0.1) is 0 Å². The molecule has 160 valence electrons. The van der Waals surface area contributed by atoms with Crippen LogP contribution in [0.2, 0.25) is 0 Å². The molecule has 0 bridgehead atoms. The van der Waals surface area contributed by atoms with Gasteiger partial charge in [0.05, 0.1) is 10.9 Å². The highest BCUT2D eigenvalue weighted by Crippen LogP contribution is 2.29. The minimum absolute atomic E-state index is 0.00332. The zero-order valence-corrected chi connectivity index (χ0v) is 18.1. The SMILES string of the molecule is Cc1ccc(Sc2ncccc2C(=O)NNC(=O)c2n[nH]c(=O)c3ccccc23)cc1C. The number of aromatic amines is 1. The van der Waals surface area contributed by atoms with Gasteiger partial charge in [0.2, 0.25) is 0 Å². The number of carbonyl (C=O) groups is 2. The first-order valence-electron chi connectivity index (χ1n) is 9.72. The fourth-order valence-electron chi connectivity index (χ4n) is 3.06. The van der Waals surface area contributed by atoms with Crippen LogP contribution in [0.3, 0.4) is 0 Å². The standard InChI is InChI=1S/C23H19N5O3S/c1-13-9-10-15(12-14(13)2)32-23-18(8-5-11-24-23)21(30)27-28-22(31)19-16-6-3-4-7-17(16)20(29)26-25-19/h3-12H,1-2H3,(H,26,29)(H,27,30)(H,28,31). The summed E-state index contributed by atoms with van der Waals surface area (Å²) in [6, 6.07) is 15.9. The van der Waals surface area contributed by atoms with Crippen LogP contribution in [-0.4, -0.2) is 27.0 Å². The summed E-state index contributed by atoms with van der Waals surface area (Å²) in [5.74, 6) is -1.18. The molecule has 0 saturated carbocycles. The molecule has 9 heteroatoms. The summed E-state index contributed by atoms with van der Waals surface area (Å²) in [6.07, 6.45) is 1.61. The zero-order valence-electron chi connectivity index (χ0n) is 17.3. The summed E-state index contributed by atoms with van der Waals surface area (Å²) < 4.78 is 0. The second-order valence-electron chi connectivity index (χ2n) is 7.06. The monoisotopic (exact) mass is 445 g/mol. The van der Waals surface area contributed by atoms with Gasteiger partial charge in [-0.2, -0.15) is 5.10 Å². The molecule has 0 aliphatic rings. The summed E-state index contributed by atoms with van der Waals surface area (Å²) in [4.78, 5) is 42.6. The quantitative estimate of drug-likeness (QED) is 0.416. The Labute approximate surface area is 187 Å². The van der Waals surface area contributed by atoms with Crippen LogP contribution >= 0.6 is 11.8 Å². The number of aromatic nitrogens is 3. The van der Waals surface area contributed by atoms with E-state index in [0.29, 0.717) is 21.4 Å². The normalized spacial score (nSPS) is 10.7. The number of H-pyrrole nitrogens is 1. The minimum Gasteiger partial charge on any atom is -0.267 e. The first-order valence-corrected chi connectivity index (χ1v) is 10.5. The molecular formula is C23H19N5O3S. The lowest BCUT2D eigenvalue weighted by Gasteiger charge is -2.11. The van der Waals surface area contributed by atoms with Gasteiger partial charge in [-0.1, -0.05) is 36.0 Å². The largest absolute Gasteiger partial charge is 0.290 e. The lowest BCUT2D eigenvalue weighted by atomic mass is 10.1. The van der Waals surface area contributed by atoms with Gasteiger partial charge in [0.15, 0.2) is 5.69 Å². The molecule has 4 rings (SSSR count). The smallest absolute Gasteiger partial charge is 0.267 e. The molecule has 2 aromatic heterocycles. The Balaban J connectivity index is 1.52. The molecule has 2 heterocycles. The van der Waals surface area contributed by atoms with E-state index >= 15 is 0 Å². The summed E-state index contributed by atoms with van der Waals surface area (Å²) in [5.41, 5.74) is 6.99. The van der Waals surface area contributed by atoms with Crippen molar-refractivity contribution >= 4 is 34.3 Å². The summed E-state index contributed by atoms with van der Waals surface area (Å²) in [7, 11) is 0. The van der Waals surface area contributed by atoms with Crippen molar-refractivity contribution in [1.29, 1.82) is 0 Å². The number of pyridine rings is 1. The molecule has 0 atom stereocenters. The van der Waals surface area contributed by atoms with Gasteiger partial charge in [-0.3, -0.25) is 25.2 Å². The topological polar surface area (TPSA) is 117 Å². The van der Waals surface area contributed by atoms with Crippen molar-refractivity contribution in [3.05, 3.63) is 93.5 Å². The number of hydrogen-bond acceptors (Lipinski definition) is 6. The van der Waals surface area contributed by atoms with Crippen LogP contribution in [-0.2, 0) is 0 Å². The molecule has 0 aliphatic heterocycles. The molecule has 0 unspecified atom stereocenters. The first-order chi connectivity index (χ1) is 15.4. The van der Waals surface area contributed by atoms with Crippen molar-refractivity contribution in [3.8, 4) is 0 Å². The van der Waals surface area contributed by atoms with E-state index in [4.69, 9.17) is 0 Å². The Morgan fingerprint density at radius 1 is 0.906 bits per heavy atom. The molecular weight excluding hydrogens is 426 g/mol. The van der Waals surface area contributed by atoms with Crippen LogP contribution in [0.4, 0.5) is 0 Å². The van der Waals surface area contributed by atoms with Crippen molar-refractivity contribution in [2.24, 2.45) is 0 Å². The van der Waals surface area contributed by atoms with Crippen LogP contribution in [0.1, 0.15) is 32.0 Å². The number of hydrazine groups is 1. The fourth-order valence-corrected chi connectivity index (χ4v) is 4.04. The number of hydrogen-bond donors (Lipinski definition) is 3. The van der Waals surface area contributed by atoms with Gasteiger partial charge < -0.3 is 0 Å². The number of benzene rings is 2. The third kappa shape index (κ3) is 4.37. The van der Waals surface area contributed by atoms with Gasteiger partial charge in [0.25, 0.3) is 17.4 Å². The lowest BCUT2D eigenvalue weighted by molar-refractivity contribution is 0.0842. The maximum absolute atomic E-state index is 12.8. The third-order valence-electron chi connectivity index (χ3n) is 4.91. The molecule has 2 amide bonds. The number of rotatable bonds is 4. The predicted molar refractivity (Wildman–Crippen MR) is 122 cm³/mol. The van der Waals surface area contributed by atoms with E-state index in [0.717, 1.165) is 10.5 Å². The van der Waals surface area contributed by atoms with Crippen molar-refractivity contribution in [3.63, 3.8) is 0 Å². The van der Waals surface area contributed by atoms with E-state index in [1.54, 1.807) is 42.6 Å². The van der Waals surface area contributed by atoms with Gasteiger partial charge in [-0.25, -0.2) is 10.1 Å². The summed E-state index contributed by atoms with van der Waals surface area (Å²) >= 11 is 1.36. The molecule has 8 nitrogen and oxygen atoms in total. The number of nitrogens with one attached hydrogen (secondary N) is 3. The maximum atomic E-state index is 12.8. The predicted octanol–water partition coefficient (Wildman–Crippen LogP) is 3.16. The number of fused-ring (bicyclic) bond motifs is 1. The van der Waals surface area contributed by atoms with Crippen molar-refractivity contribution in [1.82, 2.24) is 26.0 Å². The molecule has 0 spiro atoms. The Morgan fingerprint density at radius 2 is 1.66 bits per heavy atom. The first kappa shape index (κ1) is 21.3. The summed E-state index contributed by atoms with van der Waals surface area (Å²) in [5, 5.41) is 7.35. The highest BCUT2D eigenvalue weighted by molar-refractivity contribution is 7.99. The van der Waals surface area contributed by atoms with Crippen LogP contribution in [0.15, 0.2) is 75.5 Å². The lowest BCUT2D eigenvalue weighted by Crippen LogP contribution is -2.42. The minimum atomic E-state index is -0.655. The van der Waals surface area contributed by atoms with E-state index in [2.05, 4.69) is 26.0 Å². The highest BCUT2D eigenvalue weighted by atomic mass is 32.2. The highest BCUT2D eigenvalue weighted by Gasteiger charge is 2.17. The van der Waals surface area contributed by atoms with E-state index in [1.165, 1.54) is 17.3 Å². The Hall–Kier alpha value is -3.98. The van der Waals surface area contributed by atoms with E-state index in [9.17, 15) is 14.4 Å². The van der Waals surface area contributed by atoms with Crippen LogP contribution in [0, 0.1) is 13.8 Å². The average Bonchev–Trinajstić information content (AvgIpc) is 2.80. The van der Waals surface area contributed by atoms with Crippen LogP contribution < -0.4 is 16.4 Å². The molecule has 32 heavy (non-hydrogen) atoms. The van der Waals surface area contributed by atoms with Gasteiger partial charge >= 0.3 is 0 Å². The van der Waals surface area contributed by atoms with Gasteiger partial charge in [-0.05, 0) is 55.3 Å². The van der Waals surface area contributed by atoms with Crippen LogP contribution in [0.25, 0.3) is 10.8 Å². The molecule has 0 fully saturated rings. The molecule has 0 saturated heterocycles. The van der Waals surface area contributed by atoms with Gasteiger partial charge in [0.1, 0.15) is 5.03 Å². The van der Waals surface area contributed by atoms with E-state index in [-0.39, 0.29) is 5.69 Å². The third-order valence-corrected chi connectivity index (χ3v) is 5.92. The number of nitrogens with zero attached hydrogens (tertiary/aromatic N) is 2. The molecule has 0 radical (unpaired) electrons. The summed E-state index contributed by atoms with van der Waals surface area (Å²) in [6.45, 7) is 4.06. The zero-order chi connectivity index (χ0) is 22.7. The van der Waals surface area contributed by atoms with Crippen molar-refractivity contribution < 1.29 is 9.59 Å². The average molecular weight is 446 g/mol. The maximum Gasteiger partial charge on any atom is 0.290 e. The number of amides is 2. The van der Waals surface area contributed by atoms with Crippen LogP contribution in [0.5, 0.6) is 0 Å². The molecule has 2 aromatic carbocycles. The van der Waals surface area contributed by atoms with Gasteiger partial charge in [0, 0.05) is 16.5 Å². The Kier molecular flexibility index (Phi) is 6.00. The Bertz CT molecular complexity index is 1400. The Morgan fingerprint density at radius 3 is 2.44 bits per heavy atom. The molecule has 3 N–H and O–H groups in total.